The molecule has 0 aliphatic rings. The molecule has 0 bridgehead atoms. The standard InChI is InChI=1S/C17H16FNO6S2/c18-10-13(11-19-17(20)21)12-26(22,23)15-7-4-8-16(9-15)27(24,25)14-5-2-1-3-6-14/h1-10,19H,11-12H2,(H,20,21)/b13-10+. The minimum Gasteiger partial charge on any atom is -0.465 e. The molecule has 2 rings (SSSR count). The summed E-state index contributed by atoms with van der Waals surface area (Å²) < 4.78 is 63.1. The molecule has 2 aromatic carbocycles. The van der Waals surface area contributed by atoms with E-state index in [1.165, 1.54) is 30.3 Å². The van der Waals surface area contributed by atoms with Gasteiger partial charge in [-0.15, -0.1) is 0 Å². The van der Waals surface area contributed by atoms with Crippen LogP contribution >= 0.6 is 0 Å². The van der Waals surface area contributed by atoms with Gasteiger partial charge in [-0.05, 0) is 35.9 Å². The molecule has 0 aliphatic carbocycles. The van der Waals surface area contributed by atoms with Crippen molar-refractivity contribution in [2.75, 3.05) is 12.3 Å². The van der Waals surface area contributed by atoms with Gasteiger partial charge in [0, 0.05) is 6.54 Å². The van der Waals surface area contributed by atoms with Crippen molar-refractivity contribution in [3.05, 3.63) is 66.5 Å². The number of benzene rings is 2. The van der Waals surface area contributed by atoms with E-state index in [1.54, 1.807) is 18.2 Å². The van der Waals surface area contributed by atoms with Crippen molar-refractivity contribution in [2.45, 2.75) is 14.7 Å². The number of hydrogen-bond acceptors (Lipinski definition) is 5. The van der Waals surface area contributed by atoms with Gasteiger partial charge in [0.25, 0.3) is 0 Å². The Morgan fingerprint density at radius 2 is 1.56 bits per heavy atom. The van der Waals surface area contributed by atoms with Crippen molar-refractivity contribution in [2.24, 2.45) is 0 Å². The molecule has 0 aromatic heterocycles. The highest BCUT2D eigenvalue weighted by atomic mass is 32.2. The lowest BCUT2D eigenvalue weighted by Gasteiger charge is -2.10. The van der Waals surface area contributed by atoms with Gasteiger partial charge in [0.2, 0.25) is 9.84 Å². The lowest BCUT2D eigenvalue weighted by molar-refractivity contribution is 0.195. The summed E-state index contributed by atoms with van der Waals surface area (Å²) in [6, 6.07) is 12.2. The first kappa shape index (κ1) is 20.6. The maximum Gasteiger partial charge on any atom is 0.404 e. The number of nitrogens with one attached hydrogen (secondary N) is 1. The smallest absolute Gasteiger partial charge is 0.404 e. The van der Waals surface area contributed by atoms with E-state index in [4.69, 9.17) is 5.11 Å². The monoisotopic (exact) mass is 413 g/mol. The SMILES string of the molecule is O=C(O)NC/C(=C\F)CS(=O)(=O)c1cccc(S(=O)(=O)c2ccccc2)c1. The Morgan fingerprint density at radius 1 is 0.963 bits per heavy atom. The van der Waals surface area contributed by atoms with Crippen LogP contribution in [0.5, 0.6) is 0 Å². The van der Waals surface area contributed by atoms with Gasteiger partial charge in [0.05, 0.1) is 26.8 Å². The molecule has 1 amide bonds. The molecule has 0 unspecified atom stereocenters. The van der Waals surface area contributed by atoms with E-state index >= 15 is 0 Å². The zero-order chi connectivity index (χ0) is 20.1. The first-order valence-electron chi connectivity index (χ1n) is 7.55. The number of carbonyl (C=O) groups is 1. The summed E-state index contributed by atoms with van der Waals surface area (Å²) >= 11 is 0. The third kappa shape index (κ3) is 5.14. The van der Waals surface area contributed by atoms with Crippen molar-refractivity contribution in [3.8, 4) is 0 Å². The van der Waals surface area contributed by atoms with Crippen molar-refractivity contribution in [3.63, 3.8) is 0 Å². The zero-order valence-electron chi connectivity index (χ0n) is 13.9. The first-order valence-corrected chi connectivity index (χ1v) is 10.7. The van der Waals surface area contributed by atoms with E-state index in [0.29, 0.717) is 0 Å². The third-order valence-corrected chi connectivity index (χ3v) is 7.02. The maximum absolute atomic E-state index is 12.9. The molecule has 0 fully saturated rings. The summed E-state index contributed by atoms with van der Waals surface area (Å²) in [6.45, 7) is -0.507. The number of rotatable bonds is 7. The Kier molecular flexibility index (Phi) is 6.34. The fraction of sp³-hybridized carbons (Fsp3) is 0.118. The molecule has 2 aromatic rings. The number of hydrogen-bond donors (Lipinski definition) is 2. The minimum atomic E-state index is -4.09. The average molecular weight is 413 g/mol. The maximum atomic E-state index is 12.9. The fourth-order valence-corrected chi connectivity index (χ4v) is 5.02. The van der Waals surface area contributed by atoms with E-state index in [1.807, 2.05) is 5.32 Å². The molecule has 0 radical (unpaired) electrons. The largest absolute Gasteiger partial charge is 0.465 e. The normalized spacial score (nSPS) is 12.6. The van der Waals surface area contributed by atoms with Gasteiger partial charge < -0.3 is 10.4 Å². The van der Waals surface area contributed by atoms with Gasteiger partial charge >= 0.3 is 6.09 Å². The highest BCUT2D eigenvalue weighted by Crippen LogP contribution is 2.24. The van der Waals surface area contributed by atoms with Gasteiger partial charge in [-0.1, -0.05) is 24.3 Å². The molecule has 0 saturated heterocycles. The summed E-state index contributed by atoms with van der Waals surface area (Å²) in [7, 11) is -8.01. The molecule has 144 valence electrons. The Hall–Kier alpha value is -2.72. The molecule has 0 saturated carbocycles. The molecule has 7 nitrogen and oxygen atoms in total. The minimum absolute atomic E-state index is 0.00884. The molecule has 0 heterocycles. The second-order valence-electron chi connectivity index (χ2n) is 5.48. The fourth-order valence-electron chi connectivity index (χ4n) is 2.21. The van der Waals surface area contributed by atoms with Gasteiger partial charge in [0.15, 0.2) is 9.84 Å². The lowest BCUT2D eigenvalue weighted by Crippen LogP contribution is -2.26. The third-order valence-electron chi connectivity index (χ3n) is 3.52. The number of halogens is 1. The number of carboxylic acid groups (broad SMARTS) is 1. The van der Waals surface area contributed by atoms with Crippen LogP contribution in [0.15, 0.2) is 81.2 Å². The summed E-state index contributed by atoms with van der Waals surface area (Å²) in [5.74, 6) is -0.793. The summed E-state index contributed by atoms with van der Waals surface area (Å²) in [4.78, 5) is 9.95. The summed E-state index contributed by atoms with van der Waals surface area (Å²) in [6.07, 6.45) is -1.42. The Labute approximate surface area is 156 Å². The van der Waals surface area contributed by atoms with Crippen LogP contribution in [0.3, 0.4) is 0 Å². The summed E-state index contributed by atoms with van der Waals surface area (Å²) in [5.41, 5.74) is -0.311. The lowest BCUT2D eigenvalue weighted by atomic mass is 10.3. The van der Waals surface area contributed by atoms with Crippen LogP contribution in [0.2, 0.25) is 0 Å². The Morgan fingerprint density at radius 3 is 2.15 bits per heavy atom. The van der Waals surface area contributed by atoms with E-state index in [-0.39, 0.29) is 26.6 Å². The quantitative estimate of drug-likeness (QED) is 0.720. The van der Waals surface area contributed by atoms with Crippen LogP contribution in [-0.4, -0.2) is 40.3 Å². The van der Waals surface area contributed by atoms with Gasteiger partial charge in [0.1, 0.15) is 0 Å². The van der Waals surface area contributed by atoms with Crippen LogP contribution in [-0.2, 0) is 19.7 Å². The van der Waals surface area contributed by atoms with Crippen LogP contribution < -0.4 is 5.32 Å². The molecule has 10 heteroatoms. The first-order chi connectivity index (χ1) is 12.7. The highest BCUT2D eigenvalue weighted by Gasteiger charge is 2.22. The molecular weight excluding hydrogens is 397 g/mol. The molecule has 0 aliphatic heterocycles. The molecule has 27 heavy (non-hydrogen) atoms. The highest BCUT2D eigenvalue weighted by molar-refractivity contribution is 7.92. The van der Waals surface area contributed by atoms with Crippen molar-refractivity contribution >= 4 is 25.8 Å². The Bertz CT molecular complexity index is 1060. The summed E-state index contributed by atoms with van der Waals surface area (Å²) in [5, 5.41) is 10.4. The van der Waals surface area contributed by atoms with Crippen LogP contribution in [0.25, 0.3) is 0 Å². The molecule has 0 atom stereocenters. The average Bonchev–Trinajstić information content (AvgIpc) is 2.65. The van der Waals surface area contributed by atoms with E-state index in [0.717, 1.165) is 6.07 Å². The zero-order valence-corrected chi connectivity index (χ0v) is 15.5. The van der Waals surface area contributed by atoms with Gasteiger partial charge in [-0.3, -0.25) is 0 Å². The van der Waals surface area contributed by atoms with Crippen molar-refractivity contribution in [1.82, 2.24) is 5.32 Å². The van der Waals surface area contributed by atoms with Gasteiger partial charge in [-0.25, -0.2) is 26.0 Å². The van der Waals surface area contributed by atoms with E-state index in [9.17, 15) is 26.0 Å². The number of amides is 1. The van der Waals surface area contributed by atoms with E-state index in [2.05, 4.69) is 0 Å². The predicted molar refractivity (Wildman–Crippen MR) is 95.6 cm³/mol. The van der Waals surface area contributed by atoms with Crippen LogP contribution in [0.1, 0.15) is 0 Å². The second kappa shape index (κ2) is 8.31. The Balaban J connectivity index is 2.35. The van der Waals surface area contributed by atoms with E-state index < -0.39 is 38.1 Å². The number of sulfone groups is 2. The van der Waals surface area contributed by atoms with Crippen LogP contribution in [0.4, 0.5) is 9.18 Å². The van der Waals surface area contributed by atoms with Crippen molar-refractivity contribution < 1.29 is 31.1 Å². The topological polar surface area (TPSA) is 118 Å². The molecule has 2 N–H and O–H groups in total. The van der Waals surface area contributed by atoms with Crippen LogP contribution in [0, 0.1) is 0 Å². The molecular formula is C17H16FNO6S2. The predicted octanol–water partition coefficient (Wildman–Crippen LogP) is 2.41. The second-order valence-corrected chi connectivity index (χ2v) is 9.42. The molecule has 0 spiro atoms. The van der Waals surface area contributed by atoms with Crippen molar-refractivity contribution in [1.29, 1.82) is 0 Å². The van der Waals surface area contributed by atoms with Gasteiger partial charge in [-0.2, -0.15) is 0 Å².